The summed E-state index contributed by atoms with van der Waals surface area (Å²) in [5, 5.41) is 9.26. The van der Waals surface area contributed by atoms with Crippen molar-refractivity contribution in [1.82, 2.24) is 9.88 Å². The number of pyridine rings is 1. The summed E-state index contributed by atoms with van der Waals surface area (Å²) < 4.78 is 6.05. The van der Waals surface area contributed by atoms with Gasteiger partial charge < -0.3 is 15.4 Å². The Hall–Kier alpha value is -2.62. The van der Waals surface area contributed by atoms with Crippen LogP contribution in [0, 0.1) is 40.4 Å². The molecule has 1 saturated heterocycles. The number of carbonyl (C=O) groups is 2. The number of primary amides is 1. The highest BCUT2D eigenvalue weighted by Crippen LogP contribution is 2.60. The predicted molar refractivity (Wildman–Crippen MR) is 108 cm³/mol. The number of amides is 2. The van der Waals surface area contributed by atoms with E-state index in [9.17, 15) is 14.9 Å². The number of nitrogens with two attached hydrogens (primary N) is 1. The minimum absolute atomic E-state index is 0.0819. The summed E-state index contributed by atoms with van der Waals surface area (Å²) in [6.45, 7) is 1.31. The van der Waals surface area contributed by atoms with Crippen LogP contribution < -0.4 is 5.73 Å². The summed E-state index contributed by atoms with van der Waals surface area (Å²) in [6.07, 6.45) is 7.53. The Morgan fingerprint density at radius 1 is 1.30 bits per heavy atom. The van der Waals surface area contributed by atoms with Crippen LogP contribution in [0.15, 0.2) is 18.3 Å². The van der Waals surface area contributed by atoms with Crippen LogP contribution in [0.2, 0.25) is 0 Å². The molecular weight excluding hydrogens is 380 g/mol. The molecule has 5 aliphatic rings. The van der Waals surface area contributed by atoms with Crippen LogP contribution >= 0.6 is 0 Å². The zero-order valence-electron chi connectivity index (χ0n) is 17.1. The quantitative estimate of drug-likeness (QED) is 0.824. The first-order valence-corrected chi connectivity index (χ1v) is 11.1. The second-order valence-electron chi connectivity index (χ2n) is 9.88. The third-order valence-corrected chi connectivity index (χ3v) is 7.98. The fourth-order valence-corrected chi connectivity index (χ4v) is 6.80. The lowest BCUT2D eigenvalue weighted by atomic mass is 9.48. The van der Waals surface area contributed by atoms with Crippen LogP contribution in [0.5, 0.6) is 0 Å². The number of hydrogen-bond donors (Lipinski definition) is 1. The molecule has 4 bridgehead atoms. The molecule has 7 nitrogen and oxygen atoms in total. The lowest BCUT2D eigenvalue weighted by Crippen LogP contribution is -2.59. The molecule has 0 spiro atoms. The summed E-state index contributed by atoms with van der Waals surface area (Å²) in [4.78, 5) is 31.2. The van der Waals surface area contributed by atoms with Gasteiger partial charge in [-0.15, -0.1) is 0 Å². The van der Waals surface area contributed by atoms with Gasteiger partial charge in [-0.2, -0.15) is 5.26 Å². The molecule has 0 radical (unpaired) electrons. The number of aromatic nitrogens is 1. The van der Waals surface area contributed by atoms with Gasteiger partial charge in [0.05, 0.1) is 16.7 Å². The number of likely N-dealkylation sites (tertiary alicyclic amines) is 1. The third-order valence-electron chi connectivity index (χ3n) is 7.98. The predicted octanol–water partition coefficient (Wildman–Crippen LogP) is 2.63. The first kappa shape index (κ1) is 19.3. The highest BCUT2D eigenvalue weighted by molar-refractivity contribution is 5.81. The van der Waals surface area contributed by atoms with Crippen LogP contribution in [0.3, 0.4) is 0 Å². The molecule has 2 amide bonds. The molecule has 0 aromatic carbocycles. The highest BCUT2D eigenvalue weighted by Gasteiger charge is 2.59. The minimum Gasteiger partial charge on any atom is -0.446 e. The topological polar surface area (TPSA) is 109 Å². The van der Waals surface area contributed by atoms with E-state index in [4.69, 9.17) is 10.5 Å². The van der Waals surface area contributed by atoms with Gasteiger partial charge in [0.15, 0.2) is 0 Å². The van der Waals surface area contributed by atoms with Gasteiger partial charge in [-0.25, -0.2) is 4.79 Å². The standard InChI is InChI=1S/C23H28N4O3/c24-12-16-2-1-4-26-19(16)8-14-3-5-27(13-14)22(29)30-20-17-6-15-7-18(20)11-23(9-15,10-17)21(25)28/h1-2,4,14-15,17-18,20H,3,5-11,13H2,(H2,25,28)/t14-,15?,17?,18?,20?,23?/m0/s1. The number of nitrogens with zero attached hydrogens (tertiary/aromatic N) is 3. The number of carbonyl (C=O) groups excluding carboxylic acids is 2. The molecule has 2 heterocycles. The lowest BCUT2D eigenvalue weighted by Gasteiger charge is -2.58. The molecule has 7 heteroatoms. The summed E-state index contributed by atoms with van der Waals surface area (Å²) in [5.41, 5.74) is 6.81. The SMILES string of the molecule is N#Cc1cccnc1C[C@@H]1CCN(C(=O)OC2C3CC4CC2CC(C(N)=O)(C4)C3)C1. The van der Waals surface area contributed by atoms with Crippen LogP contribution in [0.4, 0.5) is 4.79 Å². The zero-order chi connectivity index (χ0) is 20.9. The van der Waals surface area contributed by atoms with Crippen molar-refractivity contribution in [2.75, 3.05) is 13.1 Å². The number of hydrogen-bond acceptors (Lipinski definition) is 5. The summed E-state index contributed by atoms with van der Waals surface area (Å²) in [7, 11) is 0. The van der Waals surface area contributed by atoms with E-state index in [1.165, 1.54) is 0 Å². The molecule has 2 unspecified atom stereocenters. The molecule has 3 atom stereocenters. The van der Waals surface area contributed by atoms with Gasteiger partial charge in [0, 0.05) is 19.3 Å². The molecule has 4 aliphatic carbocycles. The van der Waals surface area contributed by atoms with Crippen molar-refractivity contribution in [3.63, 3.8) is 0 Å². The Labute approximate surface area is 176 Å². The van der Waals surface area contributed by atoms with Crippen LogP contribution in [-0.2, 0) is 16.0 Å². The maximum Gasteiger partial charge on any atom is 0.410 e. The monoisotopic (exact) mass is 408 g/mol. The Morgan fingerprint density at radius 3 is 2.77 bits per heavy atom. The van der Waals surface area contributed by atoms with Crippen LogP contribution in [0.1, 0.15) is 49.8 Å². The second kappa shape index (κ2) is 7.26. The summed E-state index contributed by atoms with van der Waals surface area (Å²) in [6, 6.07) is 5.76. The molecule has 1 aliphatic heterocycles. The smallest absolute Gasteiger partial charge is 0.410 e. The molecule has 4 saturated carbocycles. The van der Waals surface area contributed by atoms with E-state index in [-0.39, 0.29) is 41.3 Å². The maximum atomic E-state index is 12.9. The van der Waals surface area contributed by atoms with E-state index in [0.717, 1.165) is 44.2 Å². The normalized spacial score (nSPS) is 36.5. The minimum atomic E-state index is -0.362. The molecule has 1 aromatic heterocycles. The first-order chi connectivity index (χ1) is 14.5. The molecule has 5 fully saturated rings. The molecular formula is C23H28N4O3. The Balaban J connectivity index is 1.20. The van der Waals surface area contributed by atoms with Crippen molar-refractivity contribution < 1.29 is 14.3 Å². The Bertz CT molecular complexity index is 894. The molecule has 2 N–H and O–H groups in total. The van der Waals surface area contributed by atoms with Gasteiger partial charge in [-0.3, -0.25) is 9.78 Å². The first-order valence-electron chi connectivity index (χ1n) is 11.1. The van der Waals surface area contributed by atoms with E-state index >= 15 is 0 Å². The van der Waals surface area contributed by atoms with E-state index in [1.54, 1.807) is 23.2 Å². The van der Waals surface area contributed by atoms with E-state index in [2.05, 4.69) is 11.1 Å². The van der Waals surface area contributed by atoms with Crippen molar-refractivity contribution in [2.24, 2.45) is 34.8 Å². The average Bonchev–Trinajstić information content (AvgIpc) is 3.19. The van der Waals surface area contributed by atoms with E-state index in [1.807, 2.05) is 0 Å². The fourth-order valence-electron chi connectivity index (χ4n) is 6.80. The number of nitriles is 1. The fraction of sp³-hybridized carbons (Fsp3) is 0.652. The maximum absolute atomic E-state index is 12.9. The molecule has 6 rings (SSSR count). The van der Waals surface area contributed by atoms with Gasteiger partial charge in [-0.05, 0) is 80.8 Å². The third kappa shape index (κ3) is 3.23. The lowest BCUT2D eigenvalue weighted by molar-refractivity contribution is -0.161. The number of rotatable bonds is 4. The Morgan fingerprint density at radius 2 is 2.07 bits per heavy atom. The van der Waals surface area contributed by atoms with E-state index < -0.39 is 0 Å². The summed E-state index contributed by atoms with van der Waals surface area (Å²) in [5.74, 6) is 1.20. The van der Waals surface area contributed by atoms with E-state index in [0.29, 0.717) is 31.0 Å². The van der Waals surface area contributed by atoms with Crippen molar-refractivity contribution in [1.29, 1.82) is 5.26 Å². The average molecular weight is 409 g/mol. The van der Waals surface area contributed by atoms with Gasteiger partial charge in [0.2, 0.25) is 5.91 Å². The number of ether oxygens (including phenoxy) is 1. The van der Waals surface area contributed by atoms with Crippen molar-refractivity contribution >= 4 is 12.0 Å². The Kier molecular flexibility index (Phi) is 4.68. The summed E-state index contributed by atoms with van der Waals surface area (Å²) >= 11 is 0. The van der Waals surface area contributed by atoms with Crippen LogP contribution in [0.25, 0.3) is 0 Å². The molecule has 30 heavy (non-hydrogen) atoms. The van der Waals surface area contributed by atoms with Crippen molar-refractivity contribution in [3.05, 3.63) is 29.6 Å². The van der Waals surface area contributed by atoms with Crippen molar-refractivity contribution in [2.45, 2.75) is 51.0 Å². The second-order valence-corrected chi connectivity index (χ2v) is 9.88. The largest absolute Gasteiger partial charge is 0.446 e. The van der Waals surface area contributed by atoms with Gasteiger partial charge in [-0.1, -0.05) is 0 Å². The van der Waals surface area contributed by atoms with Gasteiger partial charge >= 0.3 is 6.09 Å². The molecule has 1 aromatic rings. The van der Waals surface area contributed by atoms with Crippen molar-refractivity contribution in [3.8, 4) is 6.07 Å². The molecule has 158 valence electrons. The zero-order valence-corrected chi connectivity index (χ0v) is 17.1. The van der Waals surface area contributed by atoms with Gasteiger partial charge in [0.25, 0.3) is 0 Å². The highest BCUT2D eigenvalue weighted by atomic mass is 16.6. The van der Waals surface area contributed by atoms with Crippen LogP contribution in [-0.4, -0.2) is 41.1 Å². The van der Waals surface area contributed by atoms with Gasteiger partial charge in [0.1, 0.15) is 12.2 Å².